The summed E-state index contributed by atoms with van der Waals surface area (Å²) >= 11 is 0. The maximum Gasteiger partial charge on any atom is 0.219 e. The van der Waals surface area contributed by atoms with Gasteiger partial charge in [-0.25, -0.2) is 0 Å². The first-order valence-electron chi connectivity index (χ1n) is 6.72. The zero-order chi connectivity index (χ0) is 11.5. The molecule has 0 radical (unpaired) electrons. The second-order valence-electron chi connectivity index (χ2n) is 5.35. The zero-order valence-electron chi connectivity index (χ0n) is 10.5. The van der Waals surface area contributed by atoms with Gasteiger partial charge in [0.05, 0.1) is 0 Å². The van der Waals surface area contributed by atoms with Crippen molar-refractivity contribution >= 4 is 5.91 Å². The number of nitrogens with zero attached hydrogens (tertiary/aromatic N) is 1. The Morgan fingerprint density at radius 3 is 2.69 bits per heavy atom. The van der Waals surface area contributed by atoms with Gasteiger partial charge in [0, 0.05) is 32.1 Å². The molecule has 2 fully saturated rings. The number of nitrogens with one attached hydrogen (secondary N) is 1. The summed E-state index contributed by atoms with van der Waals surface area (Å²) in [5, 5.41) is 3.77. The molecule has 1 N–H and O–H groups in total. The molecule has 16 heavy (non-hydrogen) atoms. The van der Waals surface area contributed by atoms with Gasteiger partial charge in [-0.15, -0.1) is 0 Å². The van der Waals surface area contributed by atoms with Gasteiger partial charge >= 0.3 is 0 Å². The molecule has 0 aromatic rings. The Labute approximate surface area is 98.6 Å². The van der Waals surface area contributed by atoms with E-state index in [1.54, 1.807) is 6.92 Å². The minimum atomic E-state index is 0.225. The average Bonchev–Trinajstić information content (AvgIpc) is 2.98. The molecule has 2 aliphatic rings. The van der Waals surface area contributed by atoms with Crippen LogP contribution in [-0.2, 0) is 4.79 Å². The Kier molecular flexibility index (Phi) is 3.85. The third kappa shape index (κ3) is 2.97. The number of rotatable bonds is 5. The normalized spacial score (nSPS) is 27.1. The molecular weight excluding hydrogens is 200 g/mol. The number of carbonyl (C=O) groups excluding carboxylic acids is 1. The minimum Gasteiger partial charge on any atom is -0.341 e. The van der Waals surface area contributed by atoms with Crippen LogP contribution in [0.25, 0.3) is 0 Å². The summed E-state index contributed by atoms with van der Waals surface area (Å²) in [6, 6.07) is 1.25. The van der Waals surface area contributed by atoms with Crippen molar-refractivity contribution in [1.29, 1.82) is 0 Å². The summed E-state index contributed by atoms with van der Waals surface area (Å²) in [7, 11) is 0. The highest BCUT2D eigenvalue weighted by Crippen LogP contribution is 2.35. The highest BCUT2D eigenvalue weighted by molar-refractivity contribution is 5.73. The summed E-state index contributed by atoms with van der Waals surface area (Å²) in [6.45, 7) is 5.79. The van der Waals surface area contributed by atoms with Gasteiger partial charge in [-0.3, -0.25) is 4.79 Å². The molecule has 2 atom stereocenters. The van der Waals surface area contributed by atoms with Gasteiger partial charge in [0.1, 0.15) is 0 Å². The predicted molar refractivity (Wildman–Crippen MR) is 65.2 cm³/mol. The second kappa shape index (κ2) is 5.17. The lowest BCUT2D eigenvalue weighted by atomic mass is 10.1. The van der Waals surface area contributed by atoms with Crippen molar-refractivity contribution in [2.45, 2.75) is 58.0 Å². The molecule has 3 heteroatoms. The molecule has 92 valence electrons. The van der Waals surface area contributed by atoms with Crippen molar-refractivity contribution in [3.63, 3.8) is 0 Å². The molecule has 1 aliphatic carbocycles. The number of amides is 1. The van der Waals surface area contributed by atoms with Crippen LogP contribution in [0.1, 0.15) is 46.0 Å². The van der Waals surface area contributed by atoms with Crippen LogP contribution in [-0.4, -0.2) is 36.0 Å². The molecule has 0 aromatic heterocycles. The van der Waals surface area contributed by atoms with Gasteiger partial charge in [-0.2, -0.15) is 0 Å². The molecule has 2 rings (SSSR count). The summed E-state index contributed by atoms with van der Waals surface area (Å²) in [5.74, 6) is 1.15. The Morgan fingerprint density at radius 2 is 2.19 bits per heavy atom. The topological polar surface area (TPSA) is 32.3 Å². The lowest BCUT2D eigenvalue weighted by Gasteiger charge is -2.22. The van der Waals surface area contributed by atoms with Crippen LogP contribution in [0.5, 0.6) is 0 Å². The van der Waals surface area contributed by atoms with Crippen LogP contribution in [0.4, 0.5) is 0 Å². The fourth-order valence-corrected chi connectivity index (χ4v) is 2.75. The largest absolute Gasteiger partial charge is 0.341 e. The van der Waals surface area contributed by atoms with Crippen molar-refractivity contribution in [3.8, 4) is 0 Å². The van der Waals surface area contributed by atoms with E-state index in [9.17, 15) is 4.79 Å². The summed E-state index contributed by atoms with van der Waals surface area (Å²) in [4.78, 5) is 13.2. The Hall–Kier alpha value is -0.570. The first-order valence-corrected chi connectivity index (χ1v) is 6.72. The van der Waals surface area contributed by atoms with Gasteiger partial charge in [0.2, 0.25) is 5.91 Å². The number of hydrogen-bond donors (Lipinski definition) is 1. The molecule has 0 aromatic carbocycles. The van der Waals surface area contributed by atoms with Gasteiger partial charge in [-0.1, -0.05) is 13.3 Å². The van der Waals surface area contributed by atoms with Crippen LogP contribution in [0.3, 0.4) is 0 Å². The van der Waals surface area contributed by atoms with Crippen LogP contribution < -0.4 is 5.32 Å². The molecule has 1 saturated carbocycles. The van der Waals surface area contributed by atoms with Crippen molar-refractivity contribution in [3.05, 3.63) is 0 Å². The van der Waals surface area contributed by atoms with Gasteiger partial charge in [-0.05, 0) is 31.6 Å². The van der Waals surface area contributed by atoms with Gasteiger partial charge in [0.15, 0.2) is 0 Å². The van der Waals surface area contributed by atoms with E-state index in [0.29, 0.717) is 12.1 Å². The number of carbonyl (C=O) groups is 1. The lowest BCUT2D eigenvalue weighted by molar-refractivity contribution is -0.127. The molecule has 0 bridgehead atoms. The molecular formula is C13H24N2O. The van der Waals surface area contributed by atoms with Crippen LogP contribution in [0.2, 0.25) is 0 Å². The molecule has 0 spiro atoms. The monoisotopic (exact) mass is 224 g/mol. The first kappa shape index (κ1) is 11.9. The highest BCUT2D eigenvalue weighted by atomic mass is 16.2. The van der Waals surface area contributed by atoms with Crippen molar-refractivity contribution in [1.82, 2.24) is 10.2 Å². The fraction of sp³-hybridized carbons (Fsp3) is 0.923. The van der Waals surface area contributed by atoms with Gasteiger partial charge < -0.3 is 10.2 Å². The molecule has 1 aliphatic heterocycles. The predicted octanol–water partition coefficient (Wildman–Crippen LogP) is 1.78. The van der Waals surface area contributed by atoms with E-state index in [1.807, 2.05) is 4.90 Å². The quantitative estimate of drug-likeness (QED) is 0.772. The third-order valence-electron chi connectivity index (χ3n) is 3.87. The van der Waals surface area contributed by atoms with E-state index in [2.05, 4.69) is 12.2 Å². The molecule has 1 amide bonds. The Balaban J connectivity index is 1.78. The maximum atomic E-state index is 11.2. The summed E-state index contributed by atoms with van der Waals surface area (Å²) < 4.78 is 0. The number of likely N-dealkylation sites (tertiary alicyclic amines) is 1. The van der Waals surface area contributed by atoms with Gasteiger partial charge in [0.25, 0.3) is 0 Å². The summed E-state index contributed by atoms with van der Waals surface area (Å²) in [6.07, 6.45) is 6.49. The standard InChI is InChI=1S/C13H24N2O/c1-3-4-13(11-5-6-11)14-12-7-8-15(9-12)10(2)16/h11-14H,3-9H2,1-2H3. The minimum absolute atomic E-state index is 0.225. The zero-order valence-corrected chi connectivity index (χ0v) is 10.5. The third-order valence-corrected chi connectivity index (χ3v) is 3.87. The van der Waals surface area contributed by atoms with Crippen molar-refractivity contribution in [2.75, 3.05) is 13.1 Å². The van der Waals surface area contributed by atoms with Crippen molar-refractivity contribution in [2.24, 2.45) is 5.92 Å². The van der Waals surface area contributed by atoms with E-state index in [0.717, 1.165) is 25.4 Å². The van der Waals surface area contributed by atoms with E-state index in [4.69, 9.17) is 0 Å². The van der Waals surface area contributed by atoms with E-state index < -0.39 is 0 Å². The van der Waals surface area contributed by atoms with Crippen LogP contribution in [0, 0.1) is 5.92 Å². The van der Waals surface area contributed by atoms with Crippen LogP contribution in [0.15, 0.2) is 0 Å². The highest BCUT2D eigenvalue weighted by Gasteiger charge is 2.33. The van der Waals surface area contributed by atoms with Crippen molar-refractivity contribution < 1.29 is 4.79 Å². The fourth-order valence-electron chi connectivity index (χ4n) is 2.75. The van der Waals surface area contributed by atoms with E-state index in [1.165, 1.54) is 25.7 Å². The summed E-state index contributed by atoms with van der Waals surface area (Å²) in [5.41, 5.74) is 0. The Morgan fingerprint density at radius 1 is 1.44 bits per heavy atom. The first-order chi connectivity index (χ1) is 7.70. The molecule has 1 saturated heterocycles. The smallest absolute Gasteiger partial charge is 0.219 e. The maximum absolute atomic E-state index is 11.2. The Bertz CT molecular complexity index is 250. The van der Waals surface area contributed by atoms with E-state index in [-0.39, 0.29) is 5.91 Å². The average molecular weight is 224 g/mol. The van der Waals surface area contributed by atoms with E-state index >= 15 is 0 Å². The SMILES string of the molecule is CCCC(NC1CCN(C(C)=O)C1)C1CC1. The molecule has 3 nitrogen and oxygen atoms in total. The molecule has 2 unspecified atom stereocenters. The van der Waals surface area contributed by atoms with Crippen LogP contribution >= 0.6 is 0 Å². The number of hydrogen-bond acceptors (Lipinski definition) is 2. The second-order valence-corrected chi connectivity index (χ2v) is 5.35. The molecule has 1 heterocycles. The lowest BCUT2D eigenvalue weighted by Crippen LogP contribution is -2.41.